The summed E-state index contributed by atoms with van der Waals surface area (Å²) >= 11 is 2.18. The second-order valence-corrected chi connectivity index (χ2v) is 33.4. The molecule has 0 aliphatic carbocycles. The van der Waals surface area contributed by atoms with Crippen molar-refractivity contribution in [2.24, 2.45) is 0 Å². The van der Waals surface area contributed by atoms with Gasteiger partial charge in [0.1, 0.15) is 18.3 Å². The summed E-state index contributed by atoms with van der Waals surface area (Å²) in [5.41, 5.74) is 0. The maximum absolute atomic E-state index is 7.89. The normalized spacial score (nSPS) is 30.2. The number of rotatable bonds is 64. The Balaban J connectivity index is 2.11. The summed E-state index contributed by atoms with van der Waals surface area (Å²) in [6.07, 6.45) is 8.35. The molecule has 101 heavy (non-hydrogen) atoms. The van der Waals surface area contributed by atoms with E-state index in [9.17, 15) is 0 Å². The summed E-state index contributed by atoms with van der Waals surface area (Å²) in [6, 6.07) is 0. The van der Waals surface area contributed by atoms with Crippen molar-refractivity contribution in [3.8, 4) is 0 Å². The molecule has 20 unspecified atom stereocenters. The van der Waals surface area contributed by atoms with Crippen molar-refractivity contribution in [2.75, 3.05) is 112 Å². The SMILES string of the molecule is C=CCCCOC1OC(COC2OC(COCCCC)C(OCCCC)C(OCCCC)C2OC2OC(CO[S-](#P)I)C(OCCCC)C(OCCCC)C2OC2OC(COCCCC)C(OCCCC)C(OCCCC)C2OCCCC)C(OCCCC)C(OCCCC)C1OCCCC. The molecule has 4 saturated heterocycles. The molecule has 0 aromatic rings. The summed E-state index contributed by atoms with van der Waals surface area (Å²) in [6.45, 7) is 36.4. The quantitative estimate of drug-likeness (QED) is 0.0183. The monoisotopic (exact) mass is 1600 g/mol. The van der Waals surface area contributed by atoms with E-state index in [2.05, 4.69) is 111 Å². The molecule has 4 fully saturated rings. The van der Waals surface area contributed by atoms with Crippen LogP contribution in [0.15, 0.2) is 12.7 Å². The van der Waals surface area contributed by atoms with Gasteiger partial charge in [-0.25, -0.2) is 0 Å². The van der Waals surface area contributed by atoms with Crippen LogP contribution in [0.4, 0.5) is 0 Å². The third kappa shape index (κ3) is 35.1. The molecule has 20 atom stereocenters. The Hall–Kier alpha value is 0.410. The third-order valence-corrected chi connectivity index (χ3v) is 19.9. The Morgan fingerprint density at radius 2 is 0.535 bits per heavy atom. The van der Waals surface area contributed by atoms with E-state index in [1.807, 2.05) is 6.08 Å². The molecular formula is C77H145IO21PS-. The summed E-state index contributed by atoms with van der Waals surface area (Å²) in [5, 5.41) is 0. The number of hydrogen-bond donors (Lipinski definition) is 0. The molecule has 4 rings (SSSR count). The van der Waals surface area contributed by atoms with Crippen LogP contribution >= 0.6 is 29.0 Å². The molecule has 0 aromatic heterocycles. The molecule has 0 saturated carbocycles. The predicted octanol–water partition coefficient (Wildman–Crippen LogP) is 16.4. The van der Waals surface area contributed by atoms with Gasteiger partial charge in [0.25, 0.3) is 0 Å². The summed E-state index contributed by atoms with van der Waals surface area (Å²) in [7, 11) is 3.98. The number of allylic oxidation sites excluding steroid dienone is 1. The van der Waals surface area contributed by atoms with Crippen LogP contribution in [0.3, 0.4) is 0 Å². The van der Waals surface area contributed by atoms with Crippen molar-refractivity contribution in [2.45, 2.75) is 373 Å². The van der Waals surface area contributed by atoms with Gasteiger partial charge in [-0.15, -0.1) is 6.58 Å². The predicted molar refractivity (Wildman–Crippen MR) is 408 cm³/mol. The minimum Gasteiger partial charge on any atom is -0.373 e. The van der Waals surface area contributed by atoms with E-state index in [-0.39, 0.29) is 26.4 Å². The van der Waals surface area contributed by atoms with Crippen LogP contribution in [0.25, 0.3) is 0 Å². The minimum atomic E-state index is -1.28. The van der Waals surface area contributed by atoms with Crippen LogP contribution in [-0.4, -0.2) is 235 Å². The average Bonchev–Trinajstić information content (AvgIpc) is 0.793. The first-order chi connectivity index (χ1) is 49.5. The van der Waals surface area contributed by atoms with Crippen molar-refractivity contribution >= 4 is 36.3 Å². The van der Waals surface area contributed by atoms with Crippen LogP contribution in [-0.2, 0) is 106 Å². The number of ether oxygens (including phenoxy) is 20. The molecule has 0 bridgehead atoms. The van der Waals surface area contributed by atoms with Crippen LogP contribution in [0.5, 0.6) is 0 Å². The van der Waals surface area contributed by atoms with Crippen molar-refractivity contribution < 1.29 is 98.9 Å². The van der Waals surface area contributed by atoms with Crippen molar-refractivity contribution in [3.63, 3.8) is 0 Å². The topological polar surface area (TPSA) is 194 Å². The van der Waals surface area contributed by atoms with E-state index in [4.69, 9.17) is 107 Å². The molecule has 4 aliphatic rings. The van der Waals surface area contributed by atoms with Crippen LogP contribution < -0.4 is 0 Å². The maximum atomic E-state index is 7.89. The van der Waals surface area contributed by atoms with Crippen LogP contribution in [0.2, 0.25) is 0 Å². The molecule has 0 amide bonds. The van der Waals surface area contributed by atoms with E-state index >= 15 is 0 Å². The second-order valence-electron chi connectivity index (χ2n) is 27.2. The molecule has 21 nitrogen and oxygen atoms in total. The number of hydrogen-bond acceptors (Lipinski definition) is 22. The molecule has 0 N–H and O–H groups in total. The first-order valence-electron chi connectivity index (χ1n) is 40.3. The van der Waals surface area contributed by atoms with Gasteiger partial charge in [-0.2, -0.15) is 0 Å². The fraction of sp³-hybridized carbons (Fsp3) is 0.974. The van der Waals surface area contributed by atoms with Crippen LogP contribution in [0.1, 0.15) is 250 Å². The summed E-state index contributed by atoms with van der Waals surface area (Å²) in [4.78, 5) is 0. The Kier molecular flexibility index (Phi) is 55.9. The molecule has 4 aliphatic heterocycles. The number of unbranched alkanes of at least 4 members (excludes halogenated alkanes) is 13. The Labute approximate surface area is 629 Å². The minimum absolute atomic E-state index is 0.0388. The van der Waals surface area contributed by atoms with Gasteiger partial charge in [-0.1, -0.05) is 140 Å². The fourth-order valence-corrected chi connectivity index (χ4v) is 13.2. The van der Waals surface area contributed by atoms with E-state index in [0.717, 1.165) is 167 Å². The smallest absolute Gasteiger partial charge is 0.373 e. The standard InChI is InChI=1S/C77H145IO21PS/c1-14-27-40-53-91-74-70(89-51-38-25-12)66(85-47-34-21-8)64(83-45-32-19-6)60(95-74)56-92-75-72(68(87-49-36-23-10)63(82-44-31-18-5)58(94-75)54-79-41-28-15-2)98-77-73(69(88-50-37-24-11)65(84-46-33-20-7)61(97-77)57-93-101(78)100)99-76-71(90-52-39-26-13)67(86-48-35-22-9)62(81-43-30-17-4)59(96-76)55-80-42-29-16-3/h14,58-77H,1,15-57H2,2-13H3/q-1. The first kappa shape index (κ1) is 93.8. The van der Waals surface area contributed by atoms with E-state index in [0.29, 0.717) is 85.9 Å². The molecule has 598 valence electrons. The Bertz CT molecular complexity index is 2030. The van der Waals surface area contributed by atoms with Gasteiger partial charge in [-0.3, -0.25) is 0 Å². The van der Waals surface area contributed by atoms with Gasteiger partial charge in [0.05, 0.1) is 6.61 Å². The Morgan fingerprint density at radius 1 is 0.287 bits per heavy atom. The summed E-state index contributed by atoms with van der Waals surface area (Å²) in [5.74, 6) is 0. The molecule has 0 spiro atoms. The van der Waals surface area contributed by atoms with Gasteiger partial charge in [0.2, 0.25) is 0 Å². The second kappa shape index (κ2) is 60.2. The Morgan fingerprint density at radius 3 is 0.871 bits per heavy atom. The molecule has 4 heterocycles. The summed E-state index contributed by atoms with van der Waals surface area (Å²) < 4.78 is 149. The third-order valence-electron chi connectivity index (χ3n) is 18.5. The molecule has 0 radical (unpaired) electrons. The van der Waals surface area contributed by atoms with E-state index < -0.39 is 130 Å². The van der Waals surface area contributed by atoms with Gasteiger partial charge in [0, 0.05) is 46.2 Å². The van der Waals surface area contributed by atoms with Gasteiger partial charge in [0.15, 0.2) is 6.29 Å². The van der Waals surface area contributed by atoms with Crippen LogP contribution in [0, 0.1) is 0 Å². The van der Waals surface area contributed by atoms with Crippen molar-refractivity contribution in [1.29, 1.82) is 0 Å². The zero-order valence-corrected chi connectivity index (χ0v) is 68.9. The van der Waals surface area contributed by atoms with Gasteiger partial charge >= 0.3 is 301 Å². The van der Waals surface area contributed by atoms with Gasteiger partial charge < -0.3 is 37.9 Å². The molecular weight excluding hydrogens is 1450 g/mol. The molecule has 0 aromatic carbocycles. The average molecular weight is 1600 g/mol. The number of halogens is 1. The first-order valence-corrected chi connectivity index (χ1v) is 45.1. The van der Waals surface area contributed by atoms with Gasteiger partial charge in [-0.05, 0) is 70.6 Å². The fourth-order valence-electron chi connectivity index (χ4n) is 12.3. The van der Waals surface area contributed by atoms with Crippen molar-refractivity contribution in [1.82, 2.24) is 0 Å². The van der Waals surface area contributed by atoms with E-state index in [1.54, 1.807) is 0 Å². The zero-order chi connectivity index (χ0) is 73.1. The van der Waals surface area contributed by atoms with Crippen molar-refractivity contribution in [3.05, 3.63) is 12.7 Å². The zero-order valence-electron chi connectivity index (χ0n) is 65.0. The molecule has 24 heteroatoms. The van der Waals surface area contributed by atoms with E-state index in [1.165, 1.54) is 0 Å².